The highest BCUT2D eigenvalue weighted by atomic mass is 16.5. The first-order chi connectivity index (χ1) is 9.24. The molecule has 1 saturated heterocycles. The van der Waals surface area contributed by atoms with Crippen LogP contribution in [0.2, 0.25) is 0 Å². The van der Waals surface area contributed by atoms with Gasteiger partial charge in [0.15, 0.2) is 0 Å². The molecule has 19 heavy (non-hydrogen) atoms. The maximum absolute atomic E-state index is 6.19. The molecule has 112 valence electrons. The molecule has 2 atom stereocenters. The van der Waals surface area contributed by atoms with Gasteiger partial charge in [0.25, 0.3) is 0 Å². The van der Waals surface area contributed by atoms with Crippen molar-refractivity contribution in [2.75, 3.05) is 13.2 Å². The second kappa shape index (κ2) is 7.64. The van der Waals surface area contributed by atoms with E-state index in [4.69, 9.17) is 4.74 Å². The van der Waals surface area contributed by atoms with Gasteiger partial charge in [-0.2, -0.15) is 0 Å². The molecule has 1 aliphatic heterocycles. The van der Waals surface area contributed by atoms with Crippen molar-refractivity contribution in [2.24, 2.45) is 5.92 Å². The first-order valence-corrected chi connectivity index (χ1v) is 8.61. The molecule has 1 N–H and O–H groups in total. The molecule has 0 aromatic heterocycles. The number of hydrogen-bond acceptors (Lipinski definition) is 2. The molecule has 0 aromatic rings. The Morgan fingerprint density at radius 1 is 1.26 bits per heavy atom. The Morgan fingerprint density at radius 3 is 2.79 bits per heavy atom. The molecule has 0 amide bonds. The van der Waals surface area contributed by atoms with Gasteiger partial charge >= 0.3 is 0 Å². The summed E-state index contributed by atoms with van der Waals surface area (Å²) in [6.07, 6.45) is 13.5. The fourth-order valence-electron chi connectivity index (χ4n) is 3.90. The van der Waals surface area contributed by atoms with E-state index in [1.165, 1.54) is 70.8 Å². The second-order valence-corrected chi connectivity index (χ2v) is 6.88. The third-order valence-electron chi connectivity index (χ3n) is 5.11. The molecule has 1 spiro atoms. The van der Waals surface area contributed by atoms with Crippen molar-refractivity contribution < 1.29 is 4.74 Å². The molecule has 1 heterocycles. The van der Waals surface area contributed by atoms with Crippen LogP contribution >= 0.6 is 0 Å². The first kappa shape index (κ1) is 15.3. The molecule has 0 bridgehead atoms. The predicted octanol–water partition coefficient (Wildman–Crippen LogP) is 4.28. The minimum absolute atomic E-state index is 0.293. The van der Waals surface area contributed by atoms with E-state index < -0.39 is 0 Å². The zero-order valence-corrected chi connectivity index (χ0v) is 13.0. The molecule has 2 nitrogen and oxygen atoms in total. The summed E-state index contributed by atoms with van der Waals surface area (Å²) in [6.45, 7) is 6.76. The molecule has 2 unspecified atom stereocenters. The van der Waals surface area contributed by atoms with E-state index in [9.17, 15) is 0 Å². The minimum Gasteiger partial charge on any atom is -0.375 e. The van der Waals surface area contributed by atoms with E-state index in [2.05, 4.69) is 19.2 Å². The van der Waals surface area contributed by atoms with Crippen LogP contribution < -0.4 is 5.32 Å². The minimum atomic E-state index is 0.293. The molecule has 1 aliphatic carbocycles. The average molecular weight is 267 g/mol. The van der Waals surface area contributed by atoms with Crippen molar-refractivity contribution in [3.63, 3.8) is 0 Å². The van der Waals surface area contributed by atoms with Crippen LogP contribution in [-0.4, -0.2) is 24.8 Å². The van der Waals surface area contributed by atoms with Gasteiger partial charge in [0.1, 0.15) is 0 Å². The molecule has 2 aliphatic rings. The molecule has 2 rings (SSSR count). The highest BCUT2D eigenvalue weighted by Gasteiger charge is 2.38. The second-order valence-electron chi connectivity index (χ2n) is 6.88. The van der Waals surface area contributed by atoms with Crippen molar-refractivity contribution in [3.8, 4) is 0 Å². The van der Waals surface area contributed by atoms with Gasteiger partial charge in [-0.05, 0) is 64.3 Å². The lowest BCUT2D eigenvalue weighted by molar-refractivity contribution is -0.118. The normalized spacial score (nSPS) is 28.4. The average Bonchev–Trinajstić information content (AvgIpc) is 2.44. The molecular weight excluding hydrogens is 234 g/mol. The lowest BCUT2D eigenvalue weighted by atomic mass is 9.75. The van der Waals surface area contributed by atoms with E-state index in [1.54, 1.807) is 0 Å². The van der Waals surface area contributed by atoms with Crippen LogP contribution in [0.4, 0.5) is 0 Å². The summed E-state index contributed by atoms with van der Waals surface area (Å²) < 4.78 is 6.19. The summed E-state index contributed by atoms with van der Waals surface area (Å²) in [5.41, 5.74) is 0.293. The van der Waals surface area contributed by atoms with Gasteiger partial charge < -0.3 is 10.1 Å². The topological polar surface area (TPSA) is 21.3 Å². The third-order valence-corrected chi connectivity index (χ3v) is 5.11. The lowest BCUT2D eigenvalue weighted by Crippen LogP contribution is -2.41. The quantitative estimate of drug-likeness (QED) is 0.775. The molecular formula is C17H33NO. The van der Waals surface area contributed by atoms with E-state index in [1.807, 2.05) is 0 Å². The van der Waals surface area contributed by atoms with Gasteiger partial charge in [-0.15, -0.1) is 0 Å². The standard InChI is InChI=1S/C17H33NO/c1-3-12-18-15(2)7-8-16-9-13-19-17(14-16)10-5-4-6-11-17/h15-16,18H,3-14H2,1-2H3. The largest absolute Gasteiger partial charge is 0.375 e. The van der Waals surface area contributed by atoms with Crippen molar-refractivity contribution in [2.45, 2.75) is 89.7 Å². The van der Waals surface area contributed by atoms with Crippen LogP contribution in [0.15, 0.2) is 0 Å². The Labute approximate surface area is 119 Å². The third kappa shape index (κ3) is 4.75. The van der Waals surface area contributed by atoms with Crippen LogP contribution in [-0.2, 0) is 4.74 Å². The fraction of sp³-hybridized carbons (Fsp3) is 1.00. The Hall–Kier alpha value is -0.0800. The molecule has 1 saturated carbocycles. The van der Waals surface area contributed by atoms with Crippen LogP contribution in [0.25, 0.3) is 0 Å². The zero-order valence-electron chi connectivity index (χ0n) is 13.0. The van der Waals surface area contributed by atoms with Crippen LogP contribution in [0, 0.1) is 5.92 Å². The molecule has 2 heteroatoms. The van der Waals surface area contributed by atoms with E-state index in [0.29, 0.717) is 11.6 Å². The smallest absolute Gasteiger partial charge is 0.0685 e. The van der Waals surface area contributed by atoms with Gasteiger partial charge in [0, 0.05) is 12.6 Å². The molecule has 0 radical (unpaired) electrons. The van der Waals surface area contributed by atoms with E-state index in [0.717, 1.165) is 12.5 Å². The Kier molecular flexibility index (Phi) is 6.15. The van der Waals surface area contributed by atoms with Crippen LogP contribution in [0.3, 0.4) is 0 Å². The first-order valence-electron chi connectivity index (χ1n) is 8.61. The van der Waals surface area contributed by atoms with Crippen molar-refractivity contribution in [3.05, 3.63) is 0 Å². The highest BCUT2D eigenvalue weighted by molar-refractivity contribution is 4.89. The van der Waals surface area contributed by atoms with Gasteiger partial charge in [-0.1, -0.05) is 26.2 Å². The lowest BCUT2D eigenvalue weighted by Gasteiger charge is -2.43. The number of rotatable bonds is 6. The predicted molar refractivity (Wildman–Crippen MR) is 81.5 cm³/mol. The van der Waals surface area contributed by atoms with E-state index >= 15 is 0 Å². The Morgan fingerprint density at radius 2 is 2.05 bits per heavy atom. The van der Waals surface area contributed by atoms with Crippen LogP contribution in [0.1, 0.15) is 78.1 Å². The number of ether oxygens (including phenoxy) is 1. The van der Waals surface area contributed by atoms with E-state index in [-0.39, 0.29) is 0 Å². The molecule has 2 fully saturated rings. The monoisotopic (exact) mass is 267 g/mol. The SMILES string of the molecule is CCCNC(C)CCC1CCOC2(CCCCC2)C1. The molecule has 0 aromatic carbocycles. The number of nitrogens with one attached hydrogen (secondary N) is 1. The summed E-state index contributed by atoms with van der Waals surface area (Å²) in [6, 6.07) is 0.685. The zero-order chi connectivity index (χ0) is 13.6. The van der Waals surface area contributed by atoms with Crippen molar-refractivity contribution in [1.29, 1.82) is 0 Å². The summed E-state index contributed by atoms with van der Waals surface area (Å²) in [4.78, 5) is 0. The van der Waals surface area contributed by atoms with Crippen molar-refractivity contribution in [1.82, 2.24) is 5.32 Å². The van der Waals surface area contributed by atoms with Gasteiger partial charge in [-0.3, -0.25) is 0 Å². The number of hydrogen-bond donors (Lipinski definition) is 1. The maximum Gasteiger partial charge on any atom is 0.0685 e. The Balaban J connectivity index is 1.71. The summed E-state index contributed by atoms with van der Waals surface area (Å²) in [5.74, 6) is 0.915. The van der Waals surface area contributed by atoms with Gasteiger partial charge in [0.05, 0.1) is 5.60 Å². The summed E-state index contributed by atoms with van der Waals surface area (Å²) in [5, 5.41) is 3.61. The Bertz CT molecular complexity index is 242. The fourth-order valence-corrected chi connectivity index (χ4v) is 3.90. The highest BCUT2D eigenvalue weighted by Crippen LogP contribution is 2.41. The van der Waals surface area contributed by atoms with Gasteiger partial charge in [0.2, 0.25) is 0 Å². The van der Waals surface area contributed by atoms with Gasteiger partial charge in [-0.25, -0.2) is 0 Å². The van der Waals surface area contributed by atoms with Crippen LogP contribution in [0.5, 0.6) is 0 Å². The van der Waals surface area contributed by atoms with Crippen molar-refractivity contribution >= 4 is 0 Å². The summed E-state index contributed by atoms with van der Waals surface area (Å²) >= 11 is 0. The maximum atomic E-state index is 6.19. The summed E-state index contributed by atoms with van der Waals surface area (Å²) in [7, 11) is 0.